The minimum absolute atomic E-state index is 0.0317. The Kier molecular flexibility index (Phi) is 4.03. The topological polar surface area (TPSA) is 84.0 Å². The van der Waals surface area contributed by atoms with E-state index >= 15 is 0 Å². The van der Waals surface area contributed by atoms with Gasteiger partial charge in [-0.2, -0.15) is 0 Å². The SMILES string of the molecule is O=S(=O)(NC[C@H]1CCCCN1)c1cnccn1. The highest BCUT2D eigenvalue weighted by molar-refractivity contribution is 7.89. The zero-order valence-electron chi connectivity index (χ0n) is 9.46. The smallest absolute Gasteiger partial charge is 0.259 e. The highest BCUT2D eigenvalue weighted by Gasteiger charge is 2.19. The lowest BCUT2D eigenvalue weighted by Gasteiger charge is -2.23. The third-order valence-corrected chi connectivity index (χ3v) is 4.06. The number of hydrogen-bond donors (Lipinski definition) is 2. The van der Waals surface area contributed by atoms with Gasteiger partial charge in [0.2, 0.25) is 0 Å². The molecule has 1 saturated heterocycles. The van der Waals surface area contributed by atoms with Crippen molar-refractivity contribution in [3.63, 3.8) is 0 Å². The van der Waals surface area contributed by atoms with E-state index in [9.17, 15) is 8.42 Å². The summed E-state index contributed by atoms with van der Waals surface area (Å²) in [4.78, 5) is 7.53. The van der Waals surface area contributed by atoms with E-state index in [2.05, 4.69) is 20.0 Å². The predicted octanol–water partition coefficient (Wildman–Crippen LogP) is -0.103. The normalized spacial score (nSPS) is 21.3. The van der Waals surface area contributed by atoms with Gasteiger partial charge in [0, 0.05) is 25.0 Å². The summed E-state index contributed by atoms with van der Waals surface area (Å²) in [6.07, 6.45) is 7.37. The van der Waals surface area contributed by atoms with Crippen LogP contribution in [-0.4, -0.2) is 37.5 Å². The van der Waals surface area contributed by atoms with Crippen molar-refractivity contribution in [1.82, 2.24) is 20.0 Å². The molecule has 1 aliphatic rings. The molecule has 2 N–H and O–H groups in total. The molecule has 0 radical (unpaired) electrons. The predicted molar refractivity (Wildman–Crippen MR) is 62.9 cm³/mol. The van der Waals surface area contributed by atoms with Crippen LogP contribution >= 0.6 is 0 Å². The third kappa shape index (κ3) is 3.45. The minimum atomic E-state index is -3.52. The van der Waals surface area contributed by atoms with Crippen LogP contribution in [0.2, 0.25) is 0 Å². The van der Waals surface area contributed by atoms with Crippen LogP contribution < -0.4 is 10.0 Å². The third-order valence-electron chi connectivity index (χ3n) is 2.75. The fourth-order valence-electron chi connectivity index (χ4n) is 1.81. The summed E-state index contributed by atoms with van der Waals surface area (Å²) in [6, 6.07) is 0.218. The zero-order chi connectivity index (χ0) is 12.1. The van der Waals surface area contributed by atoms with Crippen molar-refractivity contribution >= 4 is 10.0 Å². The Bertz CT molecular complexity index is 443. The number of nitrogens with zero attached hydrogens (tertiary/aromatic N) is 2. The first-order valence-electron chi connectivity index (χ1n) is 5.67. The van der Waals surface area contributed by atoms with E-state index in [0.29, 0.717) is 6.54 Å². The molecular weight excluding hydrogens is 240 g/mol. The van der Waals surface area contributed by atoms with Gasteiger partial charge in [0.1, 0.15) is 0 Å². The standard InChI is InChI=1S/C10H16N4O2S/c15-17(16,10-8-11-5-6-13-10)14-7-9-3-1-2-4-12-9/h5-6,8-9,12,14H,1-4,7H2/t9-/m1/s1. The van der Waals surface area contributed by atoms with E-state index in [-0.39, 0.29) is 11.1 Å². The van der Waals surface area contributed by atoms with Gasteiger partial charge in [0.25, 0.3) is 10.0 Å². The Labute approximate surface area is 101 Å². The molecule has 1 aromatic rings. The summed E-state index contributed by atoms with van der Waals surface area (Å²) >= 11 is 0. The van der Waals surface area contributed by atoms with Crippen LogP contribution in [0.4, 0.5) is 0 Å². The monoisotopic (exact) mass is 256 g/mol. The molecule has 2 heterocycles. The molecule has 7 heteroatoms. The second-order valence-electron chi connectivity index (χ2n) is 4.04. The van der Waals surface area contributed by atoms with Gasteiger partial charge < -0.3 is 5.32 Å². The fraction of sp³-hybridized carbons (Fsp3) is 0.600. The molecule has 17 heavy (non-hydrogen) atoms. The molecule has 0 saturated carbocycles. The molecule has 94 valence electrons. The summed E-state index contributed by atoms with van der Waals surface area (Å²) < 4.78 is 26.2. The van der Waals surface area contributed by atoms with Gasteiger partial charge in [-0.15, -0.1) is 0 Å². The van der Waals surface area contributed by atoms with E-state index < -0.39 is 10.0 Å². The van der Waals surface area contributed by atoms with Crippen LogP contribution in [0.3, 0.4) is 0 Å². The van der Waals surface area contributed by atoms with Gasteiger partial charge in [-0.3, -0.25) is 4.98 Å². The van der Waals surface area contributed by atoms with Crippen molar-refractivity contribution in [2.75, 3.05) is 13.1 Å². The maximum atomic E-state index is 11.8. The molecule has 0 amide bonds. The second kappa shape index (κ2) is 5.52. The van der Waals surface area contributed by atoms with E-state index in [4.69, 9.17) is 0 Å². The summed E-state index contributed by atoms with van der Waals surface area (Å²) in [5, 5.41) is 3.25. The largest absolute Gasteiger partial charge is 0.313 e. The quantitative estimate of drug-likeness (QED) is 0.785. The second-order valence-corrected chi connectivity index (χ2v) is 5.76. The lowest BCUT2D eigenvalue weighted by molar-refractivity contribution is 0.398. The van der Waals surface area contributed by atoms with Gasteiger partial charge in [-0.05, 0) is 19.4 Å². The van der Waals surface area contributed by atoms with Gasteiger partial charge in [0.05, 0.1) is 6.20 Å². The van der Waals surface area contributed by atoms with Crippen molar-refractivity contribution < 1.29 is 8.42 Å². The molecule has 0 aromatic carbocycles. The lowest BCUT2D eigenvalue weighted by Crippen LogP contribution is -2.43. The van der Waals surface area contributed by atoms with Gasteiger partial charge in [-0.1, -0.05) is 6.42 Å². The number of piperidine rings is 1. The molecule has 1 aromatic heterocycles. The Morgan fingerprint density at radius 1 is 1.41 bits per heavy atom. The van der Waals surface area contributed by atoms with E-state index in [1.165, 1.54) is 18.6 Å². The molecule has 0 spiro atoms. The summed E-state index contributed by atoms with van der Waals surface area (Å²) in [5.41, 5.74) is 0. The summed E-state index contributed by atoms with van der Waals surface area (Å²) in [5.74, 6) is 0. The molecule has 1 atom stereocenters. The lowest BCUT2D eigenvalue weighted by atomic mass is 10.1. The van der Waals surface area contributed by atoms with Crippen molar-refractivity contribution in [1.29, 1.82) is 0 Å². The number of hydrogen-bond acceptors (Lipinski definition) is 5. The van der Waals surface area contributed by atoms with Crippen LogP contribution in [0.25, 0.3) is 0 Å². The van der Waals surface area contributed by atoms with Crippen molar-refractivity contribution in [3.8, 4) is 0 Å². The van der Waals surface area contributed by atoms with E-state index in [1.807, 2.05) is 0 Å². The van der Waals surface area contributed by atoms with Crippen LogP contribution in [0.5, 0.6) is 0 Å². The van der Waals surface area contributed by atoms with Crippen molar-refractivity contribution in [3.05, 3.63) is 18.6 Å². The molecule has 2 rings (SSSR count). The van der Waals surface area contributed by atoms with E-state index in [0.717, 1.165) is 25.8 Å². The molecule has 0 bridgehead atoms. The van der Waals surface area contributed by atoms with Crippen LogP contribution in [0.1, 0.15) is 19.3 Å². The fourth-order valence-corrected chi connectivity index (χ4v) is 2.77. The summed E-state index contributed by atoms with van der Waals surface area (Å²) in [6.45, 7) is 1.36. The highest BCUT2D eigenvalue weighted by Crippen LogP contribution is 2.07. The minimum Gasteiger partial charge on any atom is -0.313 e. The van der Waals surface area contributed by atoms with Gasteiger partial charge in [-0.25, -0.2) is 18.1 Å². The number of aromatic nitrogens is 2. The zero-order valence-corrected chi connectivity index (χ0v) is 10.3. The maximum Gasteiger partial charge on any atom is 0.259 e. The van der Waals surface area contributed by atoms with Crippen LogP contribution in [0.15, 0.2) is 23.6 Å². The number of rotatable bonds is 4. The number of nitrogens with one attached hydrogen (secondary N) is 2. The number of sulfonamides is 1. The first-order valence-corrected chi connectivity index (χ1v) is 7.16. The molecule has 0 aliphatic carbocycles. The molecule has 1 fully saturated rings. The average molecular weight is 256 g/mol. The summed E-state index contributed by atoms with van der Waals surface area (Å²) in [7, 11) is -3.52. The Balaban J connectivity index is 1.94. The van der Waals surface area contributed by atoms with Crippen LogP contribution in [-0.2, 0) is 10.0 Å². The molecule has 1 aliphatic heterocycles. The van der Waals surface area contributed by atoms with Crippen molar-refractivity contribution in [2.45, 2.75) is 30.3 Å². The molecular formula is C10H16N4O2S. The average Bonchev–Trinajstić information content (AvgIpc) is 2.39. The van der Waals surface area contributed by atoms with Crippen molar-refractivity contribution in [2.24, 2.45) is 0 Å². The molecule has 0 unspecified atom stereocenters. The highest BCUT2D eigenvalue weighted by atomic mass is 32.2. The van der Waals surface area contributed by atoms with E-state index in [1.54, 1.807) is 0 Å². The Morgan fingerprint density at radius 3 is 2.94 bits per heavy atom. The van der Waals surface area contributed by atoms with Gasteiger partial charge in [0.15, 0.2) is 5.03 Å². The Morgan fingerprint density at radius 2 is 2.29 bits per heavy atom. The Hall–Kier alpha value is -1.05. The molecule has 6 nitrogen and oxygen atoms in total. The first kappa shape index (κ1) is 12.4. The van der Waals surface area contributed by atoms with Crippen LogP contribution in [0, 0.1) is 0 Å². The maximum absolute atomic E-state index is 11.8. The van der Waals surface area contributed by atoms with Gasteiger partial charge >= 0.3 is 0 Å². The first-order chi connectivity index (χ1) is 8.18.